The normalized spacial score (nSPS) is 38.5. The summed E-state index contributed by atoms with van der Waals surface area (Å²) in [4.78, 5) is 34.3. The molecule has 0 saturated carbocycles. The predicted octanol–water partition coefficient (Wildman–Crippen LogP) is 1.64. The van der Waals surface area contributed by atoms with Gasteiger partial charge in [0.1, 0.15) is 7.92 Å². The van der Waals surface area contributed by atoms with Gasteiger partial charge in [0.2, 0.25) is 0 Å². The summed E-state index contributed by atoms with van der Waals surface area (Å²) in [7, 11) is -1.54. The zero-order valence-electron chi connectivity index (χ0n) is 7.50. The third-order valence-electron chi connectivity index (χ3n) is 3.08. The SMILES string of the molecule is CCC12CC(=O)P(C(=O)C1)C(=O)C2. The van der Waals surface area contributed by atoms with Crippen molar-refractivity contribution in [3.63, 3.8) is 0 Å². The molecular weight excluding hydrogens is 187 g/mol. The van der Waals surface area contributed by atoms with E-state index in [1.807, 2.05) is 6.92 Å². The van der Waals surface area contributed by atoms with Crippen LogP contribution in [0, 0.1) is 5.41 Å². The van der Waals surface area contributed by atoms with Crippen LogP contribution >= 0.6 is 7.92 Å². The van der Waals surface area contributed by atoms with Crippen LogP contribution in [0.25, 0.3) is 0 Å². The van der Waals surface area contributed by atoms with Crippen LogP contribution < -0.4 is 0 Å². The molecule has 3 aliphatic rings. The van der Waals surface area contributed by atoms with Gasteiger partial charge in [-0.1, -0.05) is 6.92 Å². The molecule has 0 N–H and O–H groups in total. The van der Waals surface area contributed by atoms with Crippen molar-refractivity contribution in [3.8, 4) is 0 Å². The lowest BCUT2D eigenvalue weighted by Crippen LogP contribution is -2.41. The van der Waals surface area contributed by atoms with E-state index in [1.165, 1.54) is 0 Å². The molecule has 4 heteroatoms. The van der Waals surface area contributed by atoms with Crippen molar-refractivity contribution in [2.24, 2.45) is 5.41 Å². The van der Waals surface area contributed by atoms with E-state index in [0.717, 1.165) is 6.42 Å². The van der Waals surface area contributed by atoms with E-state index in [4.69, 9.17) is 0 Å². The smallest absolute Gasteiger partial charge is 0.170 e. The molecule has 0 aromatic heterocycles. The lowest BCUT2D eigenvalue weighted by atomic mass is 9.76. The van der Waals surface area contributed by atoms with Gasteiger partial charge in [-0.05, 0) is 11.8 Å². The highest BCUT2D eigenvalue weighted by Crippen LogP contribution is 2.61. The van der Waals surface area contributed by atoms with Gasteiger partial charge >= 0.3 is 0 Å². The summed E-state index contributed by atoms with van der Waals surface area (Å²) in [6.07, 6.45) is 2.16. The zero-order chi connectivity index (χ0) is 9.64. The minimum atomic E-state index is -1.54. The van der Waals surface area contributed by atoms with E-state index < -0.39 is 7.92 Å². The lowest BCUT2D eigenvalue weighted by Gasteiger charge is -2.42. The molecule has 13 heavy (non-hydrogen) atoms. The van der Waals surface area contributed by atoms with Crippen LogP contribution in [-0.4, -0.2) is 16.6 Å². The number of hydrogen-bond acceptors (Lipinski definition) is 3. The van der Waals surface area contributed by atoms with Crippen LogP contribution in [0.3, 0.4) is 0 Å². The average molecular weight is 198 g/mol. The van der Waals surface area contributed by atoms with Crippen LogP contribution in [0.5, 0.6) is 0 Å². The number of carbonyl (C=O) groups excluding carboxylic acids is 3. The molecule has 3 rings (SSSR count). The minimum absolute atomic E-state index is 0.0793. The molecule has 3 aliphatic heterocycles. The summed E-state index contributed by atoms with van der Waals surface area (Å²) in [6.45, 7) is 1.95. The van der Waals surface area contributed by atoms with Crippen LogP contribution in [0.15, 0.2) is 0 Å². The van der Waals surface area contributed by atoms with Gasteiger partial charge in [0.15, 0.2) is 16.6 Å². The Hall–Kier alpha value is -0.560. The Morgan fingerprint density at radius 1 is 1.08 bits per heavy atom. The summed E-state index contributed by atoms with van der Waals surface area (Å²) in [5, 5.41) is 0. The second kappa shape index (κ2) is 2.71. The average Bonchev–Trinajstić information content (AvgIpc) is 2.02. The van der Waals surface area contributed by atoms with Crippen LogP contribution in [-0.2, 0) is 14.4 Å². The molecule has 2 bridgehead atoms. The minimum Gasteiger partial charge on any atom is -0.294 e. The van der Waals surface area contributed by atoms with Gasteiger partial charge in [-0.3, -0.25) is 14.4 Å². The van der Waals surface area contributed by atoms with Gasteiger partial charge in [-0.2, -0.15) is 0 Å². The number of rotatable bonds is 1. The molecular formula is C9H11O3P. The molecule has 70 valence electrons. The number of carbonyl (C=O) groups is 3. The number of hydrogen-bond donors (Lipinski definition) is 0. The topological polar surface area (TPSA) is 51.2 Å². The summed E-state index contributed by atoms with van der Waals surface area (Å²) < 4.78 is 0. The van der Waals surface area contributed by atoms with Crippen molar-refractivity contribution in [2.45, 2.75) is 32.6 Å². The zero-order valence-corrected chi connectivity index (χ0v) is 8.39. The van der Waals surface area contributed by atoms with Gasteiger partial charge < -0.3 is 0 Å². The number of fused-ring (bicyclic) bond motifs is 3. The van der Waals surface area contributed by atoms with Crippen molar-refractivity contribution >= 4 is 24.5 Å². The Bertz CT molecular complexity index is 262. The van der Waals surface area contributed by atoms with Crippen molar-refractivity contribution in [2.75, 3.05) is 0 Å². The van der Waals surface area contributed by atoms with Crippen LogP contribution in [0.2, 0.25) is 0 Å². The molecule has 0 amide bonds. The highest BCUT2D eigenvalue weighted by molar-refractivity contribution is 8.02. The van der Waals surface area contributed by atoms with Crippen LogP contribution in [0.4, 0.5) is 0 Å². The molecule has 0 atom stereocenters. The maximum absolute atomic E-state index is 11.4. The second-order valence-electron chi connectivity index (χ2n) is 3.90. The summed E-state index contributed by atoms with van der Waals surface area (Å²) in [5.41, 5.74) is -0.527. The van der Waals surface area contributed by atoms with Gasteiger partial charge in [-0.15, -0.1) is 0 Å². The second-order valence-corrected chi connectivity index (χ2v) is 6.07. The van der Waals surface area contributed by atoms with Crippen molar-refractivity contribution in [1.82, 2.24) is 0 Å². The summed E-state index contributed by atoms with van der Waals surface area (Å²) in [5.74, 6) is 0. The highest BCUT2D eigenvalue weighted by atomic mass is 31.1. The molecule has 3 heterocycles. The van der Waals surface area contributed by atoms with Gasteiger partial charge in [-0.25, -0.2) is 0 Å². The molecule has 0 aliphatic carbocycles. The predicted molar refractivity (Wildman–Crippen MR) is 48.5 cm³/mol. The quantitative estimate of drug-likeness (QED) is 0.602. The van der Waals surface area contributed by atoms with Crippen molar-refractivity contribution in [3.05, 3.63) is 0 Å². The fraction of sp³-hybridized carbons (Fsp3) is 0.667. The first kappa shape index (κ1) is 9.01. The standard InChI is InChI=1S/C9H11O3P/c1-2-9-3-6(10)13(7(11)4-9)8(12)5-9/h2-5H2,1H3. The Morgan fingerprint density at radius 3 is 1.77 bits per heavy atom. The van der Waals surface area contributed by atoms with E-state index >= 15 is 0 Å². The molecule has 0 radical (unpaired) electrons. The Balaban J connectivity index is 2.40. The molecule has 3 fully saturated rings. The maximum Gasteiger partial charge on any atom is 0.170 e. The molecule has 3 saturated heterocycles. The van der Waals surface area contributed by atoms with Gasteiger partial charge in [0.25, 0.3) is 0 Å². The van der Waals surface area contributed by atoms with E-state index in [-0.39, 0.29) is 22.0 Å². The Labute approximate surface area is 77.6 Å². The summed E-state index contributed by atoms with van der Waals surface area (Å²) in [6, 6.07) is 0. The molecule has 0 aromatic rings. The maximum atomic E-state index is 11.4. The largest absolute Gasteiger partial charge is 0.294 e. The van der Waals surface area contributed by atoms with E-state index in [9.17, 15) is 14.4 Å². The molecule has 3 nitrogen and oxygen atoms in total. The summed E-state index contributed by atoms with van der Waals surface area (Å²) >= 11 is 0. The van der Waals surface area contributed by atoms with E-state index in [2.05, 4.69) is 0 Å². The fourth-order valence-corrected chi connectivity index (χ4v) is 4.49. The Morgan fingerprint density at radius 2 is 1.46 bits per heavy atom. The fourth-order valence-electron chi connectivity index (χ4n) is 2.18. The first-order valence-corrected chi connectivity index (χ1v) is 5.81. The highest BCUT2D eigenvalue weighted by Gasteiger charge is 2.53. The van der Waals surface area contributed by atoms with E-state index in [0.29, 0.717) is 19.3 Å². The monoisotopic (exact) mass is 198 g/mol. The first-order valence-electron chi connectivity index (χ1n) is 4.47. The van der Waals surface area contributed by atoms with Crippen molar-refractivity contribution in [1.29, 1.82) is 0 Å². The van der Waals surface area contributed by atoms with E-state index in [1.54, 1.807) is 0 Å². The first-order chi connectivity index (χ1) is 6.08. The van der Waals surface area contributed by atoms with Gasteiger partial charge in [0, 0.05) is 19.3 Å². The molecule has 0 spiro atoms. The van der Waals surface area contributed by atoms with Gasteiger partial charge in [0.05, 0.1) is 0 Å². The molecule has 0 aromatic carbocycles. The lowest BCUT2D eigenvalue weighted by molar-refractivity contribution is -0.127. The third-order valence-corrected chi connectivity index (χ3v) is 5.05. The third kappa shape index (κ3) is 1.18. The van der Waals surface area contributed by atoms with Crippen LogP contribution in [0.1, 0.15) is 32.6 Å². The Kier molecular flexibility index (Phi) is 1.88. The molecule has 0 unspecified atom stereocenters. The van der Waals surface area contributed by atoms with Crippen molar-refractivity contribution < 1.29 is 14.4 Å².